The first-order valence-electron chi connectivity index (χ1n) is 6.16. The van der Waals surface area contributed by atoms with E-state index in [4.69, 9.17) is 0 Å². The van der Waals surface area contributed by atoms with Crippen LogP contribution in [0.5, 0.6) is 0 Å². The summed E-state index contributed by atoms with van der Waals surface area (Å²) in [6, 6.07) is 10.1. The lowest BCUT2D eigenvalue weighted by Gasteiger charge is -2.28. The van der Waals surface area contributed by atoms with Gasteiger partial charge >= 0.3 is 6.18 Å². The normalized spacial score (nSPS) is 17.9. The lowest BCUT2D eigenvalue weighted by molar-refractivity contribution is -0.141. The molecule has 104 valence electrons. The Labute approximate surface area is 113 Å². The Hall–Kier alpha value is -2.24. The maximum absolute atomic E-state index is 12.5. The SMILES string of the molecule is FC(F)(F)c1ccc(C2CNc3ccccc3N2)cn1. The second-order valence-electron chi connectivity index (χ2n) is 4.60. The average molecular weight is 279 g/mol. The number of halogens is 3. The smallest absolute Gasteiger partial charge is 0.381 e. The number of nitrogens with zero attached hydrogens (tertiary/aromatic N) is 1. The second-order valence-corrected chi connectivity index (χ2v) is 4.60. The van der Waals surface area contributed by atoms with Crippen molar-refractivity contribution >= 4 is 11.4 Å². The number of alkyl halides is 3. The van der Waals surface area contributed by atoms with Crippen LogP contribution in [-0.4, -0.2) is 11.5 Å². The van der Waals surface area contributed by atoms with E-state index in [0.717, 1.165) is 23.0 Å². The highest BCUT2D eigenvalue weighted by Gasteiger charge is 2.32. The summed E-state index contributed by atoms with van der Waals surface area (Å²) in [5, 5.41) is 6.53. The monoisotopic (exact) mass is 279 g/mol. The van der Waals surface area contributed by atoms with Gasteiger partial charge in [-0.1, -0.05) is 18.2 Å². The molecule has 2 N–H and O–H groups in total. The minimum absolute atomic E-state index is 0.0975. The lowest BCUT2D eigenvalue weighted by Crippen LogP contribution is -2.26. The molecule has 1 atom stereocenters. The summed E-state index contributed by atoms with van der Waals surface area (Å²) in [6.45, 7) is 0.601. The Morgan fingerprint density at radius 1 is 1.05 bits per heavy atom. The van der Waals surface area contributed by atoms with E-state index < -0.39 is 11.9 Å². The van der Waals surface area contributed by atoms with E-state index >= 15 is 0 Å². The predicted octanol–water partition coefficient (Wildman–Crippen LogP) is 3.68. The summed E-state index contributed by atoms with van der Waals surface area (Å²) in [5.74, 6) is 0. The first kappa shape index (κ1) is 12.8. The molecule has 0 amide bonds. The zero-order chi connectivity index (χ0) is 14.2. The average Bonchev–Trinajstić information content (AvgIpc) is 2.46. The van der Waals surface area contributed by atoms with E-state index in [1.807, 2.05) is 24.3 Å². The third kappa shape index (κ3) is 2.41. The van der Waals surface area contributed by atoms with Crippen LogP contribution in [0.2, 0.25) is 0 Å². The molecule has 2 aromatic rings. The van der Waals surface area contributed by atoms with Crippen molar-refractivity contribution in [2.45, 2.75) is 12.2 Å². The first-order valence-corrected chi connectivity index (χ1v) is 6.16. The predicted molar refractivity (Wildman–Crippen MR) is 70.5 cm³/mol. The molecule has 1 aliphatic rings. The first-order chi connectivity index (χ1) is 9.54. The largest absolute Gasteiger partial charge is 0.433 e. The van der Waals surface area contributed by atoms with Gasteiger partial charge in [0.05, 0.1) is 17.4 Å². The third-order valence-electron chi connectivity index (χ3n) is 3.23. The zero-order valence-corrected chi connectivity index (χ0v) is 10.4. The molecular weight excluding hydrogens is 267 g/mol. The molecular formula is C14H12F3N3. The lowest BCUT2D eigenvalue weighted by atomic mass is 10.1. The molecule has 0 aliphatic carbocycles. The number of nitrogens with one attached hydrogen (secondary N) is 2. The fourth-order valence-electron chi connectivity index (χ4n) is 2.19. The van der Waals surface area contributed by atoms with Crippen molar-refractivity contribution in [3.63, 3.8) is 0 Å². The number of benzene rings is 1. The number of hydrogen-bond donors (Lipinski definition) is 2. The molecule has 0 fully saturated rings. The maximum Gasteiger partial charge on any atom is 0.433 e. The molecule has 0 radical (unpaired) electrons. The van der Waals surface area contributed by atoms with Crippen LogP contribution in [0.15, 0.2) is 42.6 Å². The molecule has 20 heavy (non-hydrogen) atoms. The van der Waals surface area contributed by atoms with Gasteiger partial charge in [-0.25, -0.2) is 0 Å². The van der Waals surface area contributed by atoms with Crippen LogP contribution >= 0.6 is 0 Å². The number of anilines is 2. The van der Waals surface area contributed by atoms with Crippen LogP contribution in [0.25, 0.3) is 0 Å². The van der Waals surface area contributed by atoms with Gasteiger partial charge in [-0.3, -0.25) is 4.98 Å². The topological polar surface area (TPSA) is 37.0 Å². The van der Waals surface area contributed by atoms with Crippen molar-refractivity contribution in [3.8, 4) is 0 Å². The minimum Gasteiger partial charge on any atom is -0.381 e. The van der Waals surface area contributed by atoms with Crippen molar-refractivity contribution in [1.82, 2.24) is 4.98 Å². The van der Waals surface area contributed by atoms with Gasteiger partial charge in [0.2, 0.25) is 0 Å². The van der Waals surface area contributed by atoms with Gasteiger partial charge in [0.1, 0.15) is 5.69 Å². The Kier molecular flexibility index (Phi) is 3.00. The van der Waals surface area contributed by atoms with Crippen molar-refractivity contribution in [2.24, 2.45) is 0 Å². The fourth-order valence-corrected chi connectivity index (χ4v) is 2.19. The van der Waals surface area contributed by atoms with Crippen LogP contribution < -0.4 is 10.6 Å². The van der Waals surface area contributed by atoms with E-state index in [1.165, 1.54) is 12.3 Å². The van der Waals surface area contributed by atoms with Gasteiger partial charge in [0, 0.05) is 12.7 Å². The molecule has 1 aromatic heterocycles. The van der Waals surface area contributed by atoms with Gasteiger partial charge in [-0.2, -0.15) is 13.2 Å². The molecule has 0 spiro atoms. The minimum atomic E-state index is -4.40. The molecule has 0 saturated carbocycles. The van der Waals surface area contributed by atoms with E-state index in [9.17, 15) is 13.2 Å². The molecule has 6 heteroatoms. The van der Waals surface area contributed by atoms with Crippen molar-refractivity contribution in [1.29, 1.82) is 0 Å². The standard InChI is InChI=1S/C14H12F3N3/c15-14(16,17)13-6-5-9(7-19-13)12-8-18-10-3-1-2-4-11(10)20-12/h1-7,12,18,20H,8H2. The summed E-state index contributed by atoms with van der Waals surface area (Å²) in [6.07, 6.45) is -3.13. The van der Waals surface area contributed by atoms with Crippen LogP contribution in [-0.2, 0) is 6.18 Å². The molecule has 3 nitrogen and oxygen atoms in total. The number of pyridine rings is 1. The van der Waals surface area contributed by atoms with Gasteiger partial charge in [-0.05, 0) is 23.8 Å². The van der Waals surface area contributed by atoms with Crippen LogP contribution in [0.1, 0.15) is 17.3 Å². The van der Waals surface area contributed by atoms with Crippen molar-refractivity contribution in [2.75, 3.05) is 17.2 Å². The Morgan fingerprint density at radius 2 is 1.80 bits per heavy atom. The highest BCUT2D eigenvalue weighted by molar-refractivity contribution is 5.71. The van der Waals surface area contributed by atoms with Gasteiger partial charge < -0.3 is 10.6 Å². The second kappa shape index (κ2) is 4.70. The Morgan fingerprint density at radius 3 is 2.45 bits per heavy atom. The number of para-hydroxylation sites is 2. The Balaban J connectivity index is 1.81. The number of fused-ring (bicyclic) bond motifs is 1. The van der Waals surface area contributed by atoms with Crippen LogP contribution in [0, 0.1) is 0 Å². The highest BCUT2D eigenvalue weighted by Crippen LogP contribution is 2.32. The van der Waals surface area contributed by atoms with Crippen LogP contribution in [0.4, 0.5) is 24.5 Å². The molecule has 0 saturated heterocycles. The summed E-state index contributed by atoms with van der Waals surface area (Å²) < 4.78 is 37.4. The van der Waals surface area contributed by atoms with E-state index in [0.29, 0.717) is 6.54 Å². The number of rotatable bonds is 1. The molecule has 2 heterocycles. The molecule has 1 aromatic carbocycles. The summed E-state index contributed by atoms with van der Waals surface area (Å²) in [5.41, 5.74) is 1.78. The summed E-state index contributed by atoms with van der Waals surface area (Å²) >= 11 is 0. The third-order valence-corrected chi connectivity index (χ3v) is 3.23. The highest BCUT2D eigenvalue weighted by atomic mass is 19.4. The molecule has 1 aliphatic heterocycles. The zero-order valence-electron chi connectivity index (χ0n) is 10.4. The Bertz CT molecular complexity index is 608. The van der Waals surface area contributed by atoms with Crippen molar-refractivity contribution < 1.29 is 13.2 Å². The summed E-state index contributed by atoms with van der Waals surface area (Å²) in [7, 11) is 0. The van der Waals surface area contributed by atoms with Gasteiger partial charge in [0.25, 0.3) is 0 Å². The summed E-state index contributed by atoms with van der Waals surface area (Å²) in [4.78, 5) is 3.49. The van der Waals surface area contributed by atoms with Crippen molar-refractivity contribution in [3.05, 3.63) is 53.9 Å². The number of aromatic nitrogens is 1. The van der Waals surface area contributed by atoms with E-state index in [1.54, 1.807) is 0 Å². The van der Waals surface area contributed by atoms with Crippen LogP contribution in [0.3, 0.4) is 0 Å². The molecule has 3 rings (SSSR count). The number of hydrogen-bond acceptors (Lipinski definition) is 3. The van der Waals surface area contributed by atoms with E-state index in [2.05, 4.69) is 15.6 Å². The van der Waals surface area contributed by atoms with E-state index in [-0.39, 0.29) is 6.04 Å². The van der Waals surface area contributed by atoms with Gasteiger partial charge in [-0.15, -0.1) is 0 Å². The molecule has 1 unspecified atom stereocenters. The fraction of sp³-hybridized carbons (Fsp3) is 0.214. The quantitative estimate of drug-likeness (QED) is 0.836. The molecule has 0 bridgehead atoms. The maximum atomic E-state index is 12.5. The van der Waals surface area contributed by atoms with Gasteiger partial charge in [0.15, 0.2) is 0 Å².